The van der Waals surface area contributed by atoms with Gasteiger partial charge in [-0.25, -0.2) is 0 Å². The largest absolute Gasteiger partial charge is 0.102 e. The molecule has 2 heteroatoms. The average Bonchev–Trinajstić information content (AvgIpc) is 3.46. The summed E-state index contributed by atoms with van der Waals surface area (Å²) in [5.41, 5.74) is 18.8. The van der Waals surface area contributed by atoms with E-state index in [0.717, 1.165) is 25.7 Å². The molecule has 0 unspecified atom stereocenters. The molecule has 0 radical (unpaired) electrons. The normalized spacial score (nSPS) is 15.2. The molecule has 0 bridgehead atoms. The molecule has 0 nitrogen and oxygen atoms in total. The number of aryl methyl sites for hydroxylation is 4. The minimum Gasteiger partial charge on any atom is -0.0695 e. The fraction of sp³-hybridized carbons (Fsp3) is 0.250. The van der Waals surface area contributed by atoms with E-state index in [1.54, 1.807) is 0 Å². The van der Waals surface area contributed by atoms with E-state index in [1.807, 2.05) is 0 Å². The van der Waals surface area contributed by atoms with E-state index in [4.69, 9.17) is 0 Å². The van der Waals surface area contributed by atoms with Gasteiger partial charge in [-0.1, -0.05) is 157 Å². The van der Waals surface area contributed by atoms with Crippen molar-refractivity contribution < 1.29 is 0 Å². The van der Waals surface area contributed by atoms with Crippen molar-refractivity contribution in [3.05, 3.63) is 153 Å². The predicted molar refractivity (Wildman–Crippen MR) is 185 cm³/mol. The van der Waals surface area contributed by atoms with Gasteiger partial charge in [-0.2, -0.15) is 0 Å². The Morgan fingerprint density at radius 2 is 0.619 bits per heavy atom. The summed E-state index contributed by atoms with van der Waals surface area (Å²) in [6.45, 7) is 8.96. The van der Waals surface area contributed by atoms with Crippen LogP contribution >= 0.6 is 31.9 Å². The summed E-state index contributed by atoms with van der Waals surface area (Å²) in [7, 11) is 0. The monoisotopic (exact) mass is 674 g/mol. The van der Waals surface area contributed by atoms with Gasteiger partial charge in [0.05, 0.1) is 0 Å². The van der Waals surface area contributed by atoms with E-state index in [1.165, 1.54) is 77.9 Å². The molecule has 5 aromatic rings. The highest BCUT2D eigenvalue weighted by Gasteiger charge is 2.45. The number of fused-ring (bicyclic) bond motifs is 6. The van der Waals surface area contributed by atoms with Gasteiger partial charge in [-0.3, -0.25) is 0 Å². The first-order chi connectivity index (χ1) is 20.4. The maximum atomic E-state index is 4.38. The molecule has 0 saturated carbocycles. The minimum absolute atomic E-state index is 0.387. The molecule has 0 heterocycles. The molecule has 0 fully saturated rings. The second-order valence-corrected chi connectivity index (χ2v) is 14.2. The van der Waals surface area contributed by atoms with Gasteiger partial charge < -0.3 is 0 Å². The van der Waals surface area contributed by atoms with Crippen LogP contribution in [0.3, 0.4) is 0 Å². The van der Waals surface area contributed by atoms with Gasteiger partial charge in [-0.15, -0.1) is 0 Å². The Hall–Kier alpha value is -2.94. The Bertz CT molecular complexity index is 1600. The van der Waals surface area contributed by atoms with Crippen molar-refractivity contribution in [1.82, 2.24) is 0 Å². The topological polar surface area (TPSA) is 0 Å². The molecular formula is C40H36Br2. The second kappa shape index (κ2) is 10.4. The zero-order chi connectivity index (χ0) is 29.2. The summed E-state index contributed by atoms with van der Waals surface area (Å²) < 4.78 is -0.773. The first kappa shape index (κ1) is 27.9. The molecule has 2 aliphatic carbocycles. The van der Waals surface area contributed by atoms with Crippen molar-refractivity contribution in [3.8, 4) is 22.3 Å². The van der Waals surface area contributed by atoms with Crippen LogP contribution in [0.25, 0.3) is 22.3 Å². The van der Waals surface area contributed by atoms with Crippen LogP contribution in [-0.4, -0.2) is 0 Å². The third-order valence-corrected chi connectivity index (χ3v) is 12.3. The Labute approximate surface area is 267 Å². The van der Waals surface area contributed by atoms with Gasteiger partial charge in [-0.05, 0) is 104 Å². The van der Waals surface area contributed by atoms with Crippen LogP contribution in [0.5, 0.6) is 0 Å². The number of hydrogen-bond donors (Lipinski definition) is 0. The van der Waals surface area contributed by atoms with Crippen molar-refractivity contribution >= 4 is 31.9 Å². The fourth-order valence-electron chi connectivity index (χ4n) is 7.17. The van der Waals surface area contributed by atoms with Gasteiger partial charge >= 0.3 is 0 Å². The molecule has 7 rings (SSSR count). The van der Waals surface area contributed by atoms with Crippen molar-refractivity contribution in [2.75, 3.05) is 0 Å². The van der Waals surface area contributed by atoms with Crippen LogP contribution in [0.2, 0.25) is 0 Å². The smallest absolute Gasteiger partial charge is 0.0695 e. The fourth-order valence-corrected chi connectivity index (χ4v) is 9.01. The Kier molecular flexibility index (Phi) is 6.87. The first-order valence-electron chi connectivity index (χ1n) is 15.4. The third-order valence-electron chi connectivity index (χ3n) is 9.71. The lowest BCUT2D eigenvalue weighted by molar-refractivity contribution is 0.914. The summed E-state index contributed by atoms with van der Waals surface area (Å²) >= 11 is 8.75. The third kappa shape index (κ3) is 3.91. The Morgan fingerprint density at radius 3 is 0.833 bits per heavy atom. The number of benzene rings is 5. The number of rotatable bonds is 6. The lowest BCUT2D eigenvalue weighted by Crippen LogP contribution is -2.21. The molecule has 0 amide bonds. The molecule has 0 atom stereocenters. The number of hydrogen-bond acceptors (Lipinski definition) is 0. The van der Waals surface area contributed by atoms with Gasteiger partial charge in [0, 0.05) is 0 Å². The minimum atomic E-state index is -0.387. The van der Waals surface area contributed by atoms with Crippen LogP contribution in [0.15, 0.2) is 97.1 Å². The van der Waals surface area contributed by atoms with E-state index in [9.17, 15) is 0 Å². The van der Waals surface area contributed by atoms with E-state index in [0.29, 0.717) is 0 Å². The molecule has 210 valence electrons. The molecule has 0 aromatic heterocycles. The van der Waals surface area contributed by atoms with Gasteiger partial charge in [0.15, 0.2) is 0 Å². The number of halogens is 2. The van der Waals surface area contributed by atoms with Gasteiger partial charge in [0.25, 0.3) is 0 Å². The standard InChI is InChI=1S/C40H36Br2/c1-5-25-9-17-31-32-18-10-26(6-2)22-36(32)39(41,35(31)21-25)29-13-15-30(16-14-29)40(42)37-23-27(7-3)11-19-33(37)34-20-12-28(8-4)24-38(34)40/h9-24H,5-8H2,1-4H3. The Balaban J connectivity index is 1.41. The zero-order valence-corrected chi connectivity index (χ0v) is 28.0. The summed E-state index contributed by atoms with van der Waals surface area (Å²) in [5, 5.41) is 0. The van der Waals surface area contributed by atoms with Crippen LogP contribution in [0, 0.1) is 0 Å². The quantitative estimate of drug-likeness (QED) is 0.157. The van der Waals surface area contributed by atoms with Crippen molar-refractivity contribution in [3.63, 3.8) is 0 Å². The molecule has 5 aromatic carbocycles. The molecule has 42 heavy (non-hydrogen) atoms. The summed E-state index contributed by atoms with van der Waals surface area (Å²) in [6, 6.07) is 37.5. The molecule has 0 saturated heterocycles. The van der Waals surface area contributed by atoms with E-state index < -0.39 is 0 Å². The molecule has 0 N–H and O–H groups in total. The van der Waals surface area contributed by atoms with Crippen LogP contribution in [0.4, 0.5) is 0 Å². The lowest BCUT2D eigenvalue weighted by Gasteiger charge is -2.30. The van der Waals surface area contributed by atoms with Crippen LogP contribution in [-0.2, 0) is 34.3 Å². The average molecular weight is 677 g/mol. The van der Waals surface area contributed by atoms with Gasteiger partial charge in [0.1, 0.15) is 8.65 Å². The van der Waals surface area contributed by atoms with Crippen molar-refractivity contribution in [2.45, 2.75) is 62.0 Å². The zero-order valence-electron chi connectivity index (χ0n) is 24.8. The first-order valence-corrected chi connectivity index (χ1v) is 17.0. The highest BCUT2D eigenvalue weighted by Crippen LogP contribution is 2.59. The lowest BCUT2D eigenvalue weighted by atomic mass is 9.84. The maximum absolute atomic E-state index is 4.38. The van der Waals surface area contributed by atoms with Crippen molar-refractivity contribution in [2.24, 2.45) is 0 Å². The Morgan fingerprint density at radius 1 is 0.381 bits per heavy atom. The predicted octanol–water partition coefficient (Wildman–Crippen LogP) is 11.3. The SMILES string of the molecule is CCc1ccc2c(c1)C(Br)(c1ccc(C3(Br)c4cc(CC)ccc4-c4ccc(CC)cc43)cc1)c1cc(CC)ccc1-2. The highest BCUT2D eigenvalue weighted by molar-refractivity contribution is 9.10. The van der Waals surface area contributed by atoms with E-state index in [2.05, 4.69) is 157 Å². The highest BCUT2D eigenvalue weighted by atomic mass is 79.9. The summed E-state index contributed by atoms with van der Waals surface area (Å²) in [5.74, 6) is 0. The van der Waals surface area contributed by atoms with Crippen molar-refractivity contribution in [1.29, 1.82) is 0 Å². The molecule has 0 spiro atoms. The van der Waals surface area contributed by atoms with Crippen LogP contribution in [0.1, 0.15) is 83.3 Å². The van der Waals surface area contributed by atoms with E-state index >= 15 is 0 Å². The summed E-state index contributed by atoms with van der Waals surface area (Å²) in [4.78, 5) is 0. The number of alkyl halides is 2. The van der Waals surface area contributed by atoms with Crippen LogP contribution < -0.4 is 0 Å². The molecule has 2 aliphatic rings. The summed E-state index contributed by atoms with van der Waals surface area (Å²) in [6.07, 6.45) is 4.10. The van der Waals surface area contributed by atoms with E-state index in [-0.39, 0.29) is 8.65 Å². The second-order valence-electron chi connectivity index (χ2n) is 11.8. The molecule has 0 aliphatic heterocycles. The van der Waals surface area contributed by atoms with Gasteiger partial charge in [0.2, 0.25) is 0 Å². The molecular weight excluding hydrogens is 640 g/mol. The maximum Gasteiger partial charge on any atom is 0.102 e.